The molecule has 0 aromatic rings. The Morgan fingerprint density at radius 3 is 2.69 bits per heavy atom. The molecule has 0 spiro atoms. The van der Waals surface area contributed by atoms with Crippen molar-refractivity contribution in [2.45, 2.75) is 37.8 Å². The Labute approximate surface area is 77.3 Å². The van der Waals surface area contributed by atoms with Crippen molar-refractivity contribution in [3.63, 3.8) is 0 Å². The van der Waals surface area contributed by atoms with E-state index in [2.05, 4.69) is 12.2 Å². The predicted molar refractivity (Wildman–Crippen MR) is 47.0 cm³/mol. The lowest BCUT2D eigenvalue weighted by Gasteiger charge is -2.26. The highest BCUT2D eigenvalue weighted by Gasteiger charge is 2.42. The van der Waals surface area contributed by atoms with Crippen LogP contribution in [0.4, 0.5) is 8.78 Å². The van der Waals surface area contributed by atoms with Crippen molar-refractivity contribution in [1.82, 2.24) is 10.2 Å². The molecule has 2 saturated heterocycles. The Kier molecular flexibility index (Phi) is 2.28. The minimum atomic E-state index is -2.44. The Balaban J connectivity index is 1.95. The topological polar surface area (TPSA) is 15.3 Å². The number of nitrogens with zero attached hydrogens (tertiary/aromatic N) is 1. The molecular weight excluding hydrogens is 174 g/mol. The van der Waals surface area contributed by atoms with Gasteiger partial charge in [0.15, 0.2) is 0 Å². The average Bonchev–Trinajstić information content (AvgIpc) is 2.56. The van der Waals surface area contributed by atoms with Gasteiger partial charge in [0.25, 0.3) is 5.92 Å². The van der Waals surface area contributed by atoms with Gasteiger partial charge in [0, 0.05) is 25.0 Å². The molecule has 0 aromatic heterocycles. The van der Waals surface area contributed by atoms with Gasteiger partial charge in [-0.1, -0.05) is 0 Å². The Morgan fingerprint density at radius 1 is 1.46 bits per heavy atom. The summed E-state index contributed by atoms with van der Waals surface area (Å²) in [5.41, 5.74) is 0. The molecule has 0 aromatic carbocycles. The molecule has 2 aliphatic rings. The molecule has 0 bridgehead atoms. The van der Waals surface area contributed by atoms with E-state index < -0.39 is 5.92 Å². The molecule has 0 saturated carbocycles. The number of hydrogen-bond acceptors (Lipinski definition) is 2. The Morgan fingerprint density at radius 2 is 2.23 bits per heavy atom. The van der Waals surface area contributed by atoms with Gasteiger partial charge in [0.2, 0.25) is 0 Å². The highest BCUT2D eigenvalue weighted by molar-refractivity contribution is 4.93. The van der Waals surface area contributed by atoms with Crippen molar-refractivity contribution in [2.24, 2.45) is 0 Å². The van der Waals surface area contributed by atoms with E-state index in [1.807, 2.05) is 4.90 Å². The molecule has 2 fully saturated rings. The van der Waals surface area contributed by atoms with Crippen molar-refractivity contribution in [1.29, 1.82) is 0 Å². The molecule has 2 atom stereocenters. The summed E-state index contributed by atoms with van der Waals surface area (Å²) >= 11 is 0. The maximum Gasteiger partial charge on any atom is 0.261 e. The molecule has 2 aliphatic heterocycles. The molecule has 2 rings (SSSR count). The van der Waals surface area contributed by atoms with Crippen molar-refractivity contribution >= 4 is 0 Å². The van der Waals surface area contributed by atoms with E-state index in [1.54, 1.807) is 0 Å². The molecule has 0 aliphatic carbocycles. The third-order valence-corrected chi connectivity index (χ3v) is 3.15. The fourth-order valence-electron chi connectivity index (χ4n) is 2.39. The normalized spacial score (nSPS) is 39.9. The first-order chi connectivity index (χ1) is 6.08. The molecule has 2 unspecified atom stereocenters. The van der Waals surface area contributed by atoms with Crippen LogP contribution >= 0.6 is 0 Å². The zero-order chi connectivity index (χ0) is 9.47. The molecule has 4 heteroatoms. The van der Waals surface area contributed by atoms with Crippen LogP contribution in [0.3, 0.4) is 0 Å². The second kappa shape index (κ2) is 3.17. The average molecular weight is 190 g/mol. The fraction of sp³-hybridized carbons (Fsp3) is 1.00. The van der Waals surface area contributed by atoms with Crippen molar-refractivity contribution in [2.75, 3.05) is 19.6 Å². The van der Waals surface area contributed by atoms with Gasteiger partial charge < -0.3 is 5.32 Å². The first-order valence-corrected chi connectivity index (χ1v) is 4.94. The summed E-state index contributed by atoms with van der Waals surface area (Å²) in [5.74, 6) is -2.44. The highest BCUT2D eigenvalue weighted by atomic mass is 19.3. The van der Waals surface area contributed by atoms with Crippen LogP contribution in [-0.4, -0.2) is 42.5 Å². The quantitative estimate of drug-likeness (QED) is 0.665. The molecule has 13 heavy (non-hydrogen) atoms. The van der Waals surface area contributed by atoms with Gasteiger partial charge in [-0.2, -0.15) is 0 Å². The second-order valence-corrected chi connectivity index (χ2v) is 4.18. The van der Waals surface area contributed by atoms with Gasteiger partial charge in [-0.15, -0.1) is 0 Å². The molecule has 0 amide bonds. The van der Waals surface area contributed by atoms with Gasteiger partial charge in [0.1, 0.15) is 0 Å². The first-order valence-electron chi connectivity index (χ1n) is 4.94. The van der Waals surface area contributed by atoms with E-state index in [0.717, 1.165) is 13.0 Å². The summed E-state index contributed by atoms with van der Waals surface area (Å²) in [7, 11) is 0. The Hall–Kier alpha value is -0.220. The lowest BCUT2D eigenvalue weighted by Crippen LogP contribution is -2.41. The predicted octanol–water partition coefficient (Wildman–Crippen LogP) is 1.08. The van der Waals surface area contributed by atoms with Crippen LogP contribution in [0.2, 0.25) is 0 Å². The standard InChI is InChI=1S/C9H16F2N2/c1-7-8(2-4-12-7)13-5-3-9(10,11)6-13/h7-8,12H,2-6H2,1H3. The van der Waals surface area contributed by atoms with Gasteiger partial charge in [-0.05, 0) is 19.9 Å². The van der Waals surface area contributed by atoms with Gasteiger partial charge in [-0.25, -0.2) is 8.78 Å². The summed E-state index contributed by atoms with van der Waals surface area (Å²) < 4.78 is 25.8. The molecule has 2 nitrogen and oxygen atoms in total. The van der Waals surface area contributed by atoms with Gasteiger partial charge >= 0.3 is 0 Å². The summed E-state index contributed by atoms with van der Waals surface area (Å²) in [6, 6.07) is 0.697. The Bertz CT molecular complexity index is 196. The minimum absolute atomic E-state index is 0.0379. The van der Waals surface area contributed by atoms with Crippen LogP contribution in [0.1, 0.15) is 19.8 Å². The van der Waals surface area contributed by atoms with Crippen LogP contribution in [0, 0.1) is 0 Å². The molecular formula is C9H16F2N2. The monoisotopic (exact) mass is 190 g/mol. The third-order valence-electron chi connectivity index (χ3n) is 3.15. The van der Waals surface area contributed by atoms with Gasteiger partial charge in [-0.3, -0.25) is 4.90 Å². The number of nitrogens with one attached hydrogen (secondary N) is 1. The lowest BCUT2D eigenvalue weighted by atomic mass is 10.1. The largest absolute Gasteiger partial charge is 0.313 e. The summed E-state index contributed by atoms with van der Waals surface area (Å²) in [5, 5.41) is 3.29. The number of alkyl halides is 2. The van der Waals surface area contributed by atoms with E-state index in [0.29, 0.717) is 18.6 Å². The number of hydrogen-bond donors (Lipinski definition) is 1. The number of rotatable bonds is 1. The molecule has 0 radical (unpaired) electrons. The van der Waals surface area contributed by atoms with Crippen LogP contribution in [0.5, 0.6) is 0 Å². The first kappa shape index (κ1) is 9.34. The number of likely N-dealkylation sites (tertiary alicyclic amines) is 1. The van der Waals surface area contributed by atoms with E-state index >= 15 is 0 Å². The van der Waals surface area contributed by atoms with Crippen LogP contribution in [-0.2, 0) is 0 Å². The molecule has 2 heterocycles. The van der Waals surface area contributed by atoms with E-state index in [1.165, 1.54) is 0 Å². The lowest BCUT2D eigenvalue weighted by molar-refractivity contribution is 0.00727. The molecule has 1 N–H and O–H groups in total. The SMILES string of the molecule is CC1NCCC1N1CCC(F)(F)C1. The smallest absolute Gasteiger partial charge is 0.261 e. The van der Waals surface area contributed by atoms with E-state index in [-0.39, 0.29) is 13.0 Å². The third kappa shape index (κ3) is 1.83. The maximum atomic E-state index is 12.9. The summed E-state index contributed by atoms with van der Waals surface area (Å²) in [6.07, 6.45) is 1.05. The van der Waals surface area contributed by atoms with Crippen LogP contribution < -0.4 is 5.32 Å². The maximum absolute atomic E-state index is 12.9. The van der Waals surface area contributed by atoms with E-state index in [9.17, 15) is 8.78 Å². The van der Waals surface area contributed by atoms with E-state index in [4.69, 9.17) is 0 Å². The number of halogens is 2. The molecule has 76 valence electrons. The van der Waals surface area contributed by atoms with Gasteiger partial charge in [0.05, 0.1) is 6.54 Å². The minimum Gasteiger partial charge on any atom is -0.313 e. The second-order valence-electron chi connectivity index (χ2n) is 4.18. The highest BCUT2D eigenvalue weighted by Crippen LogP contribution is 2.30. The fourth-order valence-corrected chi connectivity index (χ4v) is 2.39. The zero-order valence-electron chi connectivity index (χ0n) is 7.89. The van der Waals surface area contributed by atoms with Crippen molar-refractivity contribution in [3.05, 3.63) is 0 Å². The summed E-state index contributed by atoms with van der Waals surface area (Å²) in [4.78, 5) is 1.94. The van der Waals surface area contributed by atoms with Crippen molar-refractivity contribution < 1.29 is 8.78 Å². The summed E-state index contributed by atoms with van der Waals surface area (Å²) in [6.45, 7) is 3.56. The zero-order valence-corrected chi connectivity index (χ0v) is 7.89. The van der Waals surface area contributed by atoms with Crippen LogP contribution in [0.25, 0.3) is 0 Å². The van der Waals surface area contributed by atoms with Crippen LogP contribution in [0.15, 0.2) is 0 Å². The van der Waals surface area contributed by atoms with Crippen molar-refractivity contribution in [3.8, 4) is 0 Å².